The Balaban J connectivity index is 3.24. The van der Waals surface area contributed by atoms with E-state index in [2.05, 4.69) is 0 Å². The van der Waals surface area contributed by atoms with E-state index < -0.39 is 23.6 Å². The summed E-state index contributed by atoms with van der Waals surface area (Å²) in [6, 6.07) is 3.60. The number of carbonyl (C=O) groups excluding carboxylic acids is 1. The average molecular weight is 217 g/mol. The first kappa shape index (κ1) is 11.7. The molecule has 1 atom stereocenters. The van der Waals surface area contributed by atoms with Crippen molar-refractivity contribution < 1.29 is 18.0 Å². The van der Waals surface area contributed by atoms with Crippen LogP contribution in [0.3, 0.4) is 0 Å². The first-order chi connectivity index (χ1) is 6.84. The van der Waals surface area contributed by atoms with Gasteiger partial charge in [0, 0.05) is 0 Å². The van der Waals surface area contributed by atoms with Gasteiger partial charge in [-0.25, -0.2) is 0 Å². The molecular weight excluding hydrogens is 207 g/mol. The van der Waals surface area contributed by atoms with Crippen molar-refractivity contribution in [3.63, 3.8) is 0 Å². The minimum Gasteiger partial charge on any atom is -0.318 e. The van der Waals surface area contributed by atoms with E-state index in [0.29, 0.717) is 0 Å². The molecule has 0 saturated carbocycles. The molecule has 1 rings (SSSR count). The molecule has 5 heteroatoms. The molecule has 1 aromatic rings. The predicted octanol–water partition coefficient (Wildman–Crippen LogP) is 2.29. The molecule has 0 spiro atoms. The Kier molecular flexibility index (Phi) is 3.14. The van der Waals surface area contributed by atoms with E-state index in [9.17, 15) is 18.0 Å². The Labute approximate surface area is 84.9 Å². The fourth-order valence-corrected chi connectivity index (χ4v) is 1.25. The topological polar surface area (TPSA) is 43.1 Å². The van der Waals surface area contributed by atoms with Crippen molar-refractivity contribution in [1.82, 2.24) is 0 Å². The molecule has 1 aromatic carbocycles. The van der Waals surface area contributed by atoms with Gasteiger partial charge in [0.05, 0.1) is 11.6 Å². The molecule has 1 unspecified atom stereocenters. The lowest BCUT2D eigenvalue weighted by Gasteiger charge is -2.15. The highest BCUT2D eigenvalue weighted by atomic mass is 19.4. The van der Waals surface area contributed by atoms with Crippen molar-refractivity contribution in [3.8, 4) is 0 Å². The summed E-state index contributed by atoms with van der Waals surface area (Å²) in [5.74, 6) is -0.494. The zero-order chi connectivity index (χ0) is 11.6. The highest BCUT2D eigenvalue weighted by Gasteiger charge is 2.34. The third-order valence-corrected chi connectivity index (χ3v) is 2.04. The summed E-state index contributed by atoms with van der Waals surface area (Å²) >= 11 is 0. The second kappa shape index (κ2) is 4.02. The van der Waals surface area contributed by atoms with Gasteiger partial charge in [-0.15, -0.1) is 0 Å². The number of nitrogens with two attached hydrogens (primary N) is 1. The van der Waals surface area contributed by atoms with Crippen LogP contribution in [0.4, 0.5) is 13.2 Å². The Bertz CT molecular complexity index is 373. The molecule has 0 aromatic heterocycles. The normalized spacial score (nSPS) is 13.7. The number of hydrogen-bond donors (Lipinski definition) is 1. The molecule has 0 bridgehead atoms. The van der Waals surface area contributed by atoms with E-state index in [1.807, 2.05) is 0 Å². The average Bonchev–Trinajstić information content (AvgIpc) is 2.15. The highest BCUT2D eigenvalue weighted by Crippen LogP contribution is 2.33. The highest BCUT2D eigenvalue weighted by molar-refractivity contribution is 5.83. The third kappa shape index (κ3) is 2.56. The van der Waals surface area contributed by atoms with Crippen molar-refractivity contribution in [3.05, 3.63) is 35.4 Å². The Morgan fingerprint density at radius 3 is 2.33 bits per heavy atom. The molecule has 15 heavy (non-hydrogen) atoms. The maximum absolute atomic E-state index is 12.5. The lowest BCUT2D eigenvalue weighted by molar-refractivity contribution is -0.138. The predicted molar refractivity (Wildman–Crippen MR) is 49.1 cm³/mol. The van der Waals surface area contributed by atoms with Crippen molar-refractivity contribution in [2.75, 3.05) is 0 Å². The second-order valence-electron chi connectivity index (χ2n) is 3.17. The van der Waals surface area contributed by atoms with E-state index in [0.717, 1.165) is 13.0 Å². The van der Waals surface area contributed by atoms with Crippen LogP contribution in [0.2, 0.25) is 0 Å². The first-order valence-corrected chi connectivity index (χ1v) is 4.26. The summed E-state index contributed by atoms with van der Waals surface area (Å²) in [7, 11) is 0. The number of benzene rings is 1. The largest absolute Gasteiger partial charge is 0.416 e. The first-order valence-electron chi connectivity index (χ1n) is 4.26. The number of alkyl halides is 3. The molecule has 0 aliphatic carbocycles. The van der Waals surface area contributed by atoms with Crippen LogP contribution in [0.1, 0.15) is 24.1 Å². The Morgan fingerprint density at radius 2 is 1.87 bits per heavy atom. The van der Waals surface area contributed by atoms with Gasteiger partial charge in [0.25, 0.3) is 0 Å². The lowest BCUT2D eigenvalue weighted by Crippen LogP contribution is -2.22. The minimum absolute atomic E-state index is 0.183. The molecule has 0 radical (unpaired) electrons. The van der Waals surface area contributed by atoms with Crippen molar-refractivity contribution in [1.29, 1.82) is 0 Å². The summed E-state index contributed by atoms with van der Waals surface area (Å²) in [4.78, 5) is 10.9. The van der Waals surface area contributed by atoms with Crippen LogP contribution in [0.25, 0.3) is 0 Å². The fraction of sp³-hybridized carbons (Fsp3) is 0.300. The summed E-state index contributed by atoms with van der Waals surface area (Å²) in [5, 5.41) is 0. The third-order valence-electron chi connectivity index (χ3n) is 2.04. The van der Waals surface area contributed by atoms with Crippen LogP contribution in [-0.2, 0) is 11.0 Å². The smallest absolute Gasteiger partial charge is 0.318 e. The maximum atomic E-state index is 12.5. The molecule has 0 heterocycles. The van der Waals surface area contributed by atoms with E-state index in [1.54, 1.807) is 0 Å². The molecule has 2 nitrogen and oxygen atoms in total. The maximum Gasteiger partial charge on any atom is 0.416 e. The van der Waals surface area contributed by atoms with Crippen molar-refractivity contribution in [2.24, 2.45) is 5.73 Å². The molecule has 0 aliphatic rings. The van der Waals surface area contributed by atoms with Crippen LogP contribution in [0.15, 0.2) is 24.3 Å². The van der Waals surface area contributed by atoms with Gasteiger partial charge < -0.3 is 5.73 Å². The molecular formula is C10H10F3NO. The van der Waals surface area contributed by atoms with Crippen LogP contribution in [0, 0.1) is 0 Å². The van der Waals surface area contributed by atoms with E-state index in [4.69, 9.17) is 5.73 Å². The molecule has 0 saturated heterocycles. The molecule has 0 aliphatic heterocycles. The van der Waals surface area contributed by atoms with Crippen LogP contribution < -0.4 is 5.73 Å². The second-order valence-corrected chi connectivity index (χ2v) is 3.17. The zero-order valence-corrected chi connectivity index (χ0v) is 8.01. The van der Waals surface area contributed by atoms with Crippen molar-refractivity contribution >= 4 is 5.78 Å². The van der Waals surface area contributed by atoms with Gasteiger partial charge in [-0.05, 0) is 18.6 Å². The number of Topliss-reactive ketones (excluding diaryl/α,β-unsaturated/α-hetero) is 1. The fourth-order valence-electron chi connectivity index (χ4n) is 1.25. The summed E-state index contributed by atoms with van der Waals surface area (Å²) in [5.41, 5.74) is 4.35. The van der Waals surface area contributed by atoms with Gasteiger partial charge in [-0.2, -0.15) is 13.2 Å². The van der Waals surface area contributed by atoms with E-state index in [-0.39, 0.29) is 5.56 Å². The monoisotopic (exact) mass is 217 g/mol. The summed E-state index contributed by atoms with van der Waals surface area (Å²) in [6.45, 7) is 1.16. The van der Waals surface area contributed by atoms with E-state index in [1.165, 1.54) is 18.2 Å². The number of rotatable bonds is 2. The zero-order valence-electron chi connectivity index (χ0n) is 8.01. The summed E-state index contributed by atoms with van der Waals surface area (Å²) < 4.78 is 37.5. The molecule has 0 amide bonds. The van der Waals surface area contributed by atoms with Gasteiger partial charge >= 0.3 is 6.18 Å². The number of halogens is 3. The molecule has 0 fully saturated rings. The van der Waals surface area contributed by atoms with E-state index >= 15 is 0 Å². The quantitative estimate of drug-likeness (QED) is 0.825. The Morgan fingerprint density at radius 1 is 1.33 bits per heavy atom. The van der Waals surface area contributed by atoms with Gasteiger partial charge in [0.15, 0.2) is 5.78 Å². The van der Waals surface area contributed by atoms with Gasteiger partial charge in [-0.1, -0.05) is 18.2 Å². The molecule has 82 valence electrons. The van der Waals surface area contributed by atoms with Crippen LogP contribution >= 0.6 is 0 Å². The van der Waals surface area contributed by atoms with Gasteiger partial charge in [0.2, 0.25) is 0 Å². The van der Waals surface area contributed by atoms with Gasteiger partial charge in [-0.3, -0.25) is 4.79 Å². The van der Waals surface area contributed by atoms with Crippen molar-refractivity contribution in [2.45, 2.75) is 19.1 Å². The number of ketones is 1. The SMILES string of the molecule is CC(=O)C(N)c1ccccc1C(F)(F)F. The number of carbonyl (C=O) groups is 1. The standard InChI is InChI=1S/C10H10F3NO/c1-6(15)9(14)7-4-2-3-5-8(7)10(11,12)13/h2-5,9H,14H2,1H3. The molecule has 2 N–H and O–H groups in total. The lowest BCUT2D eigenvalue weighted by atomic mass is 9.98. The summed E-state index contributed by atoms with van der Waals surface area (Å²) in [6.07, 6.45) is -4.48. The number of hydrogen-bond acceptors (Lipinski definition) is 2. The Hall–Kier alpha value is -1.36. The minimum atomic E-state index is -4.48. The van der Waals surface area contributed by atoms with Crippen LogP contribution in [0.5, 0.6) is 0 Å². The van der Waals surface area contributed by atoms with Crippen LogP contribution in [-0.4, -0.2) is 5.78 Å². The van der Waals surface area contributed by atoms with Gasteiger partial charge in [0.1, 0.15) is 0 Å².